The lowest BCUT2D eigenvalue weighted by atomic mass is 10.2. The summed E-state index contributed by atoms with van der Waals surface area (Å²) in [5.41, 5.74) is 0.794. The first kappa shape index (κ1) is 14.6. The van der Waals surface area contributed by atoms with Gasteiger partial charge in [-0.2, -0.15) is 0 Å². The Morgan fingerprint density at radius 2 is 1.94 bits per heavy atom. The van der Waals surface area contributed by atoms with E-state index in [0.29, 0.717) is 13.1 Å². The van der Waals surface area contributed by atoms with E-state index >= 15 is 0 Å². The van der Waals surface area contributed by atoms with Gasteiger partial charge in [0.15, 0.2) is 0 Å². The Kier molecular flexibility index (Phi) is 5.28. The first-order valence-electron chi connectivity index (χ1n) is 6.23. The van der Waals surface area contributed by atoms with Crippen LogP contribution in [0.5, 0.6) is 0 Å². The molecule has 0 N–H and O–H groups in total. The molecule has 0 spiro atoms. The van der Waals surface area contributed by atoms with Crippen molar-refractivity contribution in [3.05, 3.63) is 30.1 Å². The van der Waals surface area contributed by atoms with Gasteiger partial charge in [-0.15, -0.1) is 0 Å². The van der Waals surface area contributed by atoms with Crippen molar-refractivity contribution < 1.29 is 9.53 Å². The first-order valence-corrected chi connectivity index (χ1v) is 6.23. The summed E-state index contributed by atoms with van der Waals surface area (Å²) in [7, 11) is 0. The normalized spacial score (nSPS) is 11.3. The minimum atomic E-state index is -0.286. The minimum Gasteiger partial charge on any atom is -0.366 e. The molecule has 0 saturated heterocycles. The Labute approximate surface area is 109 Å². The SMILES string of the molecule is CCN(Cc1ccncc1)C(=O)COC(C)(C)C. The quantitative estimate of drug-likeness (QED) is 0.805. The van der Waals surface area contributed by atoms with Crippen LogP contribution in [0.25, 0.3) is 0 Å². The highest BCUT2D eigenvalue weighted by atomic mass is 16.5. The van der Waals surface area contributed by atoms with Gasteiger partial charge in [0, 0.05) is 25.5 Å². The molecule has 0 bridgehead atoms. The Morgan fingerprint density at radius 3 is 2.44 bits per heavy atom. The van der Waals surface area contributed by atoms with Crippen LogP contribution in [-0.2, 0) is 16.1 Å². The van der Waals surface area contributed by atoms with Crippen molar-refractivity contribution in [2.24, 2.45) is 0 Å². The minimum absolute atomic E-state index is 0.0178. The van der Waals surface area contributed by atoms with Crippen LogP contribution in [0.1, 0.15) is 33.3 Å². The number of nitrogens with zero attached hydrogens (tertiary/aromatic N) is 2. The number of hydrogen-bond acceptors (Lipinski definition) is 3. The van der Waals surface area contributed by atoms with Gasteiger partial charge in [0.05, 0.1) is 5.60 Å². The molecule has 0 saturated carbocycles. The van der Waals surface area contributed by atoms with E-state index < -0.39 is 0 Å². The lowest BCUT2D eigenvalue weighted by Gasteiger charge is -2.24. The maximum atomic E-state index is 12.0. The second kappa shape index (κ2) is 6.50. The molecule has 1 rings (SSSR count). The van der Waals surface area contributed by atoms with Crippen LogP contribution >= 0.6 is 0 Å². The van der Waals surface area contributed by atoms with Crippen LogP contribution in [0.3, 0.4) is 0 Å². The second-order valence-electron chi connectivity index (χ2n) is 5.16. The maximum absolute atomic E-state index is 12.0. The third-order valence-electron chi connectivity index (χ3n) is 2.49. The van der Waals surface area contributed by atoms with Gasteiger partial charge in [-0.05, 0) is 45.4 Å². The molecule has 100 valence electrons. The van der Waals surface area contributed by atoms with Crippen molar-refractivity contribution in [3.63, 3.8) is 0 Å². The maximum Gasteiger partial charge on any atom is 0.248 e. The van der Waals surface area contributed by atoms with Gasteiger partial charge < -0.3 is 9.64 Å². The molecule has 1 heterocycles. The fourth-order valence-electron chi connectivity index (χ4n) is 1.45. The van der Waals surface area contributed by atoms with Gasteiger partial charge in [-0.1, -0.05) is 0 Å². The molecule has 0 unspecified atom stereocenters. The van der Waals surface area contributed by atoms with Gasteiger partial charge in [-0.25, -0.2) is 0 Å². The Hall–Kier alpha value is -1.42. The summed E-state index contributed by atoms with van der Waals surface area (Å²) in [5.74, 6) is 0.0178. The highest BCUT2D eigenvalue weighted by molar-refractivity contribution is 5.77. The standard InChI is InChI=1S/C14H22N2O2/c1-5-16(10-12-6-8-15-9-7-12)13(17)11-18-14(2,3)4/h6-9H,5,10-11H2,1-4H3. The summed E-state index contributed by atoms with van der Waals surface area (Å²) in [5, 5.41) is 0. The van der Waals surface area contributed by atoms with E-state index in [4.69, 9.17) is 4.74 Å². The lowest BCUT2D eigenvalue weighted by Crippen LogP contribution is -2.36. The number of carbonyl (C=O) groups excluding carboxylic acids is 1. The highest BCUT2D eigenvalue weighted by Crippen LogP contribution is 2.08. The fraction of sp³-hybridized carbons (Fsp3) is 0.571. The van der Waals surface area contributed by atoms with Gasteiger partial charge in [0.2, 0.25) is 5.91 Å². The zero-order chi connectivity index (χ0) is 13.6. The van der Waals surface area contributed by atoms with Gasteiger partial charge >= 0.3 is 0 Å². The Morgan fingerprint density at radius 1 is 1.33 bits per heavy atom. The number of aromatic nitrogens is 1. The van der Waals surface area contributed by atoms with Crippen molar-refractivity contribution >= 4 is 5.91 Å². The molecular formula is C14H22N2O2. The molecule has 1 aromatic rings. The van der Waals surface area contributed by atoms with Crippen LogP contribution in [0, 0.1) is 0 Å². The molecule has 0 aliphatic rings. The van der Waals surface area contributed by atoms with Gasteiger partial charge in [-0.3, -0.25) is 9.78 Å². The predicted octanol–water partition coefficient (Wildman–Crippen LogP) is 2.25. The fourth-order valence-corrected chi connectivity index (χ4v) is 1.45. The number of rotatable bonds is 5. The average Bonchev–Trinajstić information content (AvgIpc) is 2.33. The van der Waals surface area contributed by atoms with E-state index in [0.717, 1.165) is 5.56 Å². The van der Waals surface area contributed by atoms with E-state index in [-0.39, 0.29) is 18.1 Å². The largest absolute Gasteiger partial charge is 0.366 e. The molecule has 4 nitrogen and oxygen atoms in total. The van der Waals surface area contributed by atoms with Crippen LogP contribution in [-0.4, -0.2) is 34.5 Å². The number of ether oxygens (including phenoxy) is 1. The summed E-state index contributed by atoms with van der Waals surface area (Å²) in [6.07, 6.45) is 3.47. The summed E-state index contributed by atoms with van der Waals surface area (Å²) in [6.45, 7) is 9.21. The van der Waals surface area contributed by atoms with E-state index in [1.807, 2.05) is 39.8 Å². The molecule has 4 heteroatoms. The van der Waals surface area contributed by atoms with Crippen LogP contribution in [0.4, 0.5) is 0 Å². The zero-order valence-electron chi connectivity index (χ0n) is 11.6. The molecule has 0 fully saturated rings. The lowest BCUT2D eigenvalue weighted by molar-refractivity contribution is -0.141. The molecule has 0 atom stereocenters. The van der Waals surface area contributed by atoms with Crippen LogP contribution in [0.15, 0.2) is 24.5 Å². The molecule has 0 aliphatic carbocycles. The monoisotopic (exact) mass is 250 g/mol. The van der Waals surface area contributed by atoms with Crippen LogP contribution in [0.2, 0.25) is 0 Å². The topological polar surface area (TPSA) is 42.4 Å². The number of carbonyl (C=O) groups is 1. The second-order valence-corrected chi connectivity index (χ2v) is 5.16. The van der Waals surface area contributed by atoms with Crippen LogP contribution < -0.4 is 0 Å². The van der Waals surface area contributed by atoms with E-state index in [1.165, 1.54) is 0 Å². The van der Waals surface area contributed by atoms with Crippen molar-refractivity contribution in [1.29, 1.82) is 0 Å². The summed E-state index contributed by atoms with van der Waals surface area (Å²) in [6, 6.07) is 3.83. The number of likely N-dealkylation sites (N-methyl/N-ethyl adjacent to an activating group) is 1. The van der Waals surface area contributed by atoms with Gasteiger partial charge in [0.1, 0.15) is 6.61 Å². The summed E-state index contributed by atoms with van der Waals surface area (Å²) >= 11 is 0. The molecular weight excluding hydrogens is 228 g/mol. The Bertz CT molecular complexity index is 371. The number of hydrogen-bond donors (Lipinski definition) is 0. The van der Waals surface area contributed by atoms with Gasteiger partial charge in [0.25, 0.3) is 0 Å². The van der Waals surface area contributed by atoms with Crippen molar-refractivity contribution in [2.75, 3.05) is 13.2 Å². The summed E-state index contributed by atoms with van der Waals surface area (Å²) in [4.78, 5) is 17.8. The highest BCUT2D eigenvalue weighted by Gasteiger charge is 2.17. The molecule has 0 radical (unpaired) electrons. The summed E-state index contributed by atoms with van der Waals surface area (Å²) < 4.78 is 5.51. The third kappa shape index (κ3) is 5.27. The Balaban J connectivity index is 2.53. The van der Waals surface area contributed by atoms with E-state index in [1.54, 1.807) is 17.3 Å². The van der Waals surface area contributed by atoms with Crippen molar-refractivity contribution in [1.82, 2.24) is 9.88 Å². The van der Waals surface area contributed by atoms with Crippen molar-refractivity contribution in [3.8, 4) is 0 Å². The third-order valence-corrected chi connectivity index (χ3v) is 2.49. The molecule has 0 aliphatic heterocycles. The predicted molar refractivity (Wildman–Crippen MR) is 71.0 cm³/mol. The molecule has 18 heavy (non-hydrogen) atoms. The van der Waals surface area contributed by atoms with E-state index in [2.05, 4.69) is 4.98 Å². The first-order chi connectivity index (χ1) is 8.42. The van der Waals surface area contributed by atoms with Crippen molar-refractivity contribution in [2.45, 2.75) is 39.8 Å². The molecule has 0 aromatic carbocycles. The number of amides is 1. The number of pyridine rings is 1. The zero-order valence-corrected chi connectivity index (χ0v) is 11.6. The molecule has 1 amide bonds. The average molecular weight is 250 g/mol. The molecule has 1 aromatic heterocycles. The smallest absolute Gasteiger partial charge is 0.248 e. The van der Waals surface area contributed by atoms with E-state index in [9.17, 15) is 4.79 Å².